The second-order valence-electron chi connectivity index (χ2n) is 11.5. The normalized spacial score (nSPS) is 18.6. The van der Waals surface area contributed by atoms with Crippen LogP contribution in [0.2, 0.25) is 0 Å². The van der Waals surface area contributed by atoms with Crippen molar-refractivity contribution in [1.29, 1.82) is 0 Å². The van der Waals surface area contributed by atoms with Crippen LogP contribution in [0.15, 0.2) is 46.8 Å². The van der Waals surface area contributed by atoms with E-state index in [1.165, 1.54) is 6.21 Å². The van der Waals surface area contributed by atoms with E-state index in [1.807, 2.05) is 53.1 Å². The quantitative estimate of drug-likeness (QED) is 0.228. The van der Waals surface area contributed by atoms with E-state index in [0.29, 0.717) is 25.2 Å². The van der Waals surface area contributed by atoms with Gasteiger partial charge in [0.2, 0.25) is 5.95 Å². The number of hydrogen-bond acceptors (Lipinski definition) is 10. The lowest BCUT2D eigenvalue weighted by atomic mass is 9.96. The van der Waals surface area contributed by atoms with E-state index >= 15 is 0 Å². The molecule has 2 aliphatic heterocycles. The lowest BCUT2D eigenvalue weighted by Crippen LogP contribution is -2.48. The average Bonchev–Trinajstić information content (AvgIpc) is 3.10. The molecule has 4 heterocycles. The molecule has 12 heteroatoms. The highest BCUT2D eigenvalue weighted by Gasteiger charge is 2.31. The Labute approximate surface area is 240 Å². The maximum atomic E-state index is 13.2. The van der Waals surface area contributed by atoms with Crippen molar-refractivity contribution in [3.8, 4) is 11.3 Å². The Morgan fingerprint density at radius 3 is 2.71 bits per heavy atom. The zero-order valence-corrected chi connectivity index (χ0v) is 24.3. The Morgan fingerprint density at radius 2 is 2.05 bits per heavy atom. The van der Waals surface area contributed by atoms with E-state index in [4.69, 9.17) is 15.6 Å². The van der Waals surface area contributed by atoms with Crippen molar-refractivity contribution in [1.82, 2.24) is 30.0 Å². The molecule has 0 bridgehead atoms. The van der Waals surface area contributed by atoms with Crippen LogP contribution in [-0.4, -0.2) is 73.8 Å². The van der Waals surface area contributed by atoms with Crippen molar-refractivity contribution in [2.45, 2.75) is 58.3 Å². The first kappa shape index (κ1) is 28.4. The van der Waals surface area contributed by atoms with E-state index in [9.17, 15) is 4.79 Å². The van der Waals surface area contributed by atoms with E-state index in [-0.39, 0.29) is 23.2 Å². The van der Waals surface area contributed by atoms with Crippen LogP contribution >= 0.6 is 0 Å². The number of ether oxygens (including phenoxy) is 1. The molecule has 0 spiro atoms. The molecule has 1 unspecified atom stereocenters. The summed E-state index contributed by atoms with van der Waals surface area (Å²) in [7, 11) is 1.88. The average molecular weight is 559 g/mol. The van der Waals surface area contributed by atoms with Gasteiger partial charge in [0.1, 0.15) is 0 Å². The number of carbonyl (C=O) groups excluding carboxylic acids is 1. The van der Waals surface area contributed by atoms with Crippen LogP contribution in [0.25, 0.3) is 11.3 Å². The summed E-state index contributed by atoms with van der Waals surface area (Å²) in [4.78, 5) is 29.2. The molecule has 1 aromatic carbocycles. The van der Waals surface area contributed by atoms with Gasteiger partial charge in [-0.05, 0) is 57.4 Å². The number of fused-ring (bicyclic) bond motifs is 1. The van der Waals surface area contributed by atoms with Gasteiger partial charge in [-0.1, -0.05) is 12.1 Å². The van der Waals surface area contributed by atoms with Crippen molar-refractivity contribution < 1.29 is 9.53 Å². The fourth-order valence-corrected chi connectivity index (χ4v) is 4.95. The molecule has 1 atom stereocenters. The highest BCUT2D eigenvalue weighted by molar-refractivity contribution is 6.60. The molecule has 216 valence electrons. The van der Waals surface area contributed by atoms with Crippen molar-refractivity contribution in [3.05, 3.63) is 53.5 Å². The second-order valence-corrected chi connectivity index (χ2v) is 11.5. The van der Waals surface area contributed by atoms with Crippen LogP contribution < -0.4 is 16.5 Å². The van der Waals surface area contributed by atoms with Gasteiger partial charge < -0.3 is 21.2 Å². The Morgan fingerprint density at radius 1 is 1.24 bits per heavy atom. The van der Waals surface area contributed by atoms with Crippen molar-refractivity contribution in [2.24, 2.45) is 23.0 Å². The van der Waals surface area contributed by atoms with Gasteiger partial charge in [-0.15, -0.1) is 0 Å². The number of nitrogens with one attached hydrogen (secondary N) is 2. The van der Waals surface area contributed by atoms with Crippen LogP contribution in [0.3, 0.4) is 0 Å². The van der Waals surface area contributed by atoms with Crippen LogP contribution in [0.1, 0.15) is 50.1 Å². The van der Waals surface area contributed by atoms with E-state index in [2.05, 4.69) is 47.8 Å². The van der Waals surface area contributed by atoms with Crippen molar-refractivity contribution in [3.63, 3.8) is 0 Å². The van der Waals surface area contributed by atoms with Gasteiger partial charge in [0.15, 0.2) is 5.71 Å². The third kappa shape index (κ3) is 6.77. The van der Waals surface area contributed by atoms with Crippen LogP contribution in [-0.2, 0) is 23.1 Å². The van der Waals surface area contributed by atoms with Gasteiger partial charge in [0.05, 0.1) is 54.1 Å². The minimum Gasteiger partial charge on any atom is -0.378 e. The number of nitrogens with two attached hydrogens (primary N) is 1. The molecule has 1 amide bonds. The molecule has 0 radical (unpaired) electrons. The van der Waals surface area contributed by atoms with Gasteiger partial charge in [-0.2, -0.15) is 10.2 Å². The lowest BCUT2D eigenvalue weighted by molar-refractivity contribution is -0.115. The highest BCUT2D eigenvalue weighted by atomic mass is 16.5. The molecule has 0 aliphatic carbocycles. The summed E-state index contributed by atoms with van der Waals surface area (Å²) < 4.78 is 7.24. The van der Waals surface area contributed by atoms with Gasteiger partial charge in [0.25, 0.3) is 5.91 Å². The Hall–Kier alpha value is -4.16. The molecule has 41 heavy (non-hydrogen) atoms. The molecular weight excluding hydrogens is 520 g/mol. The summed E-state index contributed by atoms with van der Waals surface area (Å²) in [6.07, 6.45) is 5.84. The standard InChI is InChI=1S/C29H38N10O2/c1-18-26(15-38(5)37-18)35-28-31-10-8-23(34-28)19-6-7-22-20(12-19)14-39(21-16-41-17-21)11-9-24(22)33-27(40)25(36-30)13-32-29(2,3)4/h6-8,10,12-13,15,21,24H,9,11,14,16-17,30H2,1-5H3,(H,33,40)(H,31,34,35). The monoisotopic (exact) mass is 558 g/mol. The Kier molecular flexibility index (Phi) is 8.13. The molecule has 2 aliphatic rings. The Bertz CT molecular complexity index is 1470. The first-order valence-corrected chi connectivity index (χ1v) is 13.8. The third-order valence-corrected chi connectivity index (χ3v) is 7.20. The number of amides is 1. The fraction of sp³-hybridized carbons (Fsp3) is 0.448. The number of carbonyl (C=O) groups is 1. The van der Waals surface area contributed by atoms with Gasteiger partial charge in [-0.3, -0.25) is 19.4 Å². The largest absolute Gasteiger partial charge is 0.378 e. The summed E-state index contributed by atoms with van der Waals surface area (Å²) in [5.74, 6) is 5.72. The van der Waals surface area contributed by atoms with Crippen molar-refractivity contribution >= 4 is 29.5 Å². The van der Waals surface area contributed by atoms with Gasteiger partial charge in [0, 0.05) is 38.1 Å². The van der Waals surface area contributed by atoms with Gasteiger partial charge >= 0.3 is 0 Å². The molecule has 0 saturated carbocycles. The minimum atomic E-state index is -0.349. The first-order chi connectivity index (χ1) is 19.6. The molecule has 3 aromatic rings. The fourth-order valence-electron chi connectivity index (χ4n) is 4.95. The minimum absolute atomic E-state index is 0.0939. The predicted octanol–water partition coefficient (Wildman–Crippen LogP) is 2.87. The molecular formula is C29H38N10O2. The summed E-state index contributed by atoms with van der Waals surface area (Å²) in [5, 5.41) is 14.5. The maximum Gasteiger partial charge on any atom is 0.273 e. The zero-order valence-electron chi connectivity index (χ0n) is 24.3. The smallest absolute Gasteiger partial charge is 0.273 e. The number of aliphatic imine (C=N–C) groups is 1. The predicted molar refractivity (Wildman–Crippen MR) is 159 cm³/mol. The second kappa shape index (κ2) is 11.8. The molecule has 1 fully saturated rings. The lowest BCUT2D eigenvalue weighted by Gasteiger charge is -2.36. The number of aryl methyl sites for hydroxylation is 2. The van der Waals surface area contributed by atoms with Gasteiger partial charge in [-0.25, -0.2) is 9.97 Å². The number of rotatable bonds is 7. The van der Waals surface area contributed by atoms with Crippen molar-refractivity contribution in [2.75, 3.05) is 25.1 Å². The molecule has 1 saturated heterocycles. The maximum absolute atomic E-state index is 13.2. The summed E-state index contributed by atoms with van der Waals surface area (Å²) >= 11 is 0. The summed E-state index contributed by atoms with van der Waals surface area (Å²) in [6.45, 7) is 10.8. The van der Waals surface area contributed by atoms with Crippen LogP contribution in [0, 0.1) is 6.92 Å². The molecule has 5 rings (SSSR count). The number of nitrogens with zero attached hydrogens (tertiary/aromatic N) is 7. The first-order valence-electron chi connectivity index (χ1n) is 13.8. The van der Waals surface area contributed by atoms with Crippen LogP contribution in [0.4, 0.5) is 11.6 Å². The molecule has 2 aromatic heterocycles. The number of hydrazone groups is 1. The number of anilines is 2. The number of benzene rings is 1. The topological polar surface area (TPSA) is 148 Å². The zero-order chi connectivity index (χ0) is 29.1. The molecule has 12 nitrogen and oxygen atoms in total. The summed E-state index contributed by atoms with van der Waals surface area (Å²) in [6, 6.07) is 8.33. The van der Waals surface area contributed by atoms with E-state index in [1.54, 1.807) is 10.9 Å². The number of aromatic nitrogens is 4. The third-order valence-electron chi connectivity index (χ3n) is 7.20. The number of hydrogen-bond donors (Lipinski definition) is 3. The summed E-state index contributed by atoms with van der Waals surface area (Å²) in [5.41, 5.74) is 5.43. The SMILES string of the molecule is Cc1nn(C)cc1Nc1nccc(-c2ccc3c(c2)CN(C2COC2)CCC3NC(=O)C(C=NC(C)(C)C)=NN)n1. The Balaban J connectivity index is 1.42. The highest BCUT2D eigenvalue weighted by Crippen LogP contribution is 2.32. The molecule has 4 N–H and O–H groups in total. The van der Waals surface area contributed by atoms with Crippen LogP contribution in [0.5, 0.6) is 0 Å². The van der Waals surface area contributed by atoms with E-state index in [0.717, 1.165) is 53.3 Å². The van der Waals surface area contributed by atoms with E-state index < -0.39 is 0 Å².